The summed E-state index contributed by atoms with van der Waals surface area (Å²) >= 11 is 1.42. The van der Waals surface area contributed by atoms with Gasteiger partial charge in [-0.15, -0.1) is 11.3 Å². The van der Waals surface area contributed by atoms with Crippen LogP contribution in [0, 0.1) is 5.92 Å². The first-order valence-electron chi connectivity index (χ1n) is 8.35. The summed E-state index contributed by atoms with van der Waals surface area (Å²) in [6, 6.07) is 1.99. The van der Waals surface area contributed by atoms with E-state index in [9.17, 15) is 9.59 Å². The lowest BCUT2D eigenvalue weighted by molar-refractivity contribution is -0.136. The van der Waals surface area contributed by atoms with Gasteiger partial charge in [0.2, 0.25) is 5.91 Å². The van der Waals surface area contributed by atoms with Crippen molar-refractivity contribution >= 4 is 23.2 Å². The number of piperidine rings is 1. The molecule has 126 valence electrons. The molecule has 6 heteroatoms. The number of likely N-dealkylation sites (tertiary alicyclic amines) is 2. The smallest absolute Gasteiger partial charge is 0.348 e. The van der Waals surface area contributed by atoms with E-state index in [1.165, 1.54) is 18.4 Å². The van der Waals surface area contributed by atoms with Gasteiger partial charge in [-0.1, -0.05) is 0 Å². The van der Waals surface area contributed by atoms with E-state index in [1.807, 2.05) is 16.3 Å². The molecule has 2 fully saturated rings. The number of carbonyl (C=O) groups excluding carboxylic acids is 2. The molecule has 1 atom stereocenters. The third kappa shape index (κ3) is 3.75. The Bertz CT molecular complexity index is 566. The average molecular weight is 336 g/mol. The summed E-state index contributed by atoms with van der Waals surface area (Å²) in [5.41, 5.74) is 1.01. The maximum Gasteiger partial charge on any atom is 0.348 e. The Morgan fingerprint density at radius 3 is 2.78 bits per heavy atom. The predicted molar refractivity (Wildman–Crippen MR) is 89.5 cm³/mol. The van der Waals surface area contributed by atoms with Crippen LogP contribution in [0.2, 0.25) is 0 Å². The third-order valence-corrected chi connectivity index (χ3v) is 5.72. The van der Waals surface area contributed by atoms with E-state index in [1.54, 1.807) is 0 Å². The Morgan fingerprint density at radius 2 is 2.04 bits per heavy atom. The number of hydrogen-bond acceptors (Lipinski definition) is 5. The molecule has 0 unspecified atom stereocenters. The zero-order valence-electron chi connectivity index (χ0n) is 13.6. The lowest BCUT2D eigenvalue weighted by atomic mass is 9.96. The maximum absolute atomic E-state index is 12.6. The van der Waals surface area contributed by atoms with Crippen LogP contribution in [0.3, 0.4) is 0 Å². The van der Waals surface area contributed by atoms with Crippen LogP contribution < -0.4 is 0 Å². The Hall–Kier alpha value is -1.40. The second-order valence-corrected chi connectivity index (χ2v) is 7.29. The molecule has 3 rings (SSSR count). The van der Waals surface area contributed by atoms with Crippen LogP contribution in [0.25, 0.3) is 0 Å². The van der Waals surface area contributed by atoms with Crippen LogP contribution >= 0.6 is 11.3 Å². The highest BCUT2D eigenvalue weighted by Crippen LogP contribution is 2.25. The molecule has 2 aliphatic rings. The van der Waals surface area contributed by atoms with E-state index < -0.39 is 0 Å². The fraction of sp³-hybridized carbons (Fsp3) is 0.647. The number of nitrogens with zero attached hydrogens (tertiary/aromatic N) is 2. The maximum atomic E-state index is 12.6. The molecule has 0 saturated carbocycles. The van der Waals surface area contributed by atoms with Gasteiger partial charge in [-0.2, -0.15) is 0 Å². The molecule has 2 aliphatic heterocycles. The van der Waals surface area contributed by atoms with Crippen LogP contribution in [0.4, 0.5) is 0 Å². The molecule has 0 aliphatic carbocycles. The summed E-state index contributed by atoms with van der Waals surface area (Å²) in [5, 5.41) is 1.93. The highest BCUT2D eigenvalue weighted by atomic mass is 32.1. The second-order valence-electron chi connectivity index (χ2n) is 6.37. The van der Waals surface area contributed by atoms with Gasteiger partial charge in [-0.3, -0.25) is 9.69 Å². The molecule has 1 aromatic heterocycles. The standard InChI is InChI=1S/C17H24N2O3S/c1-22-17(21)15-13(6-10-23-15)11-18-7-4-5-14(12-18)16(20)19-8-2-3-9-19/h6,10,14H,2-5,7-9,11-12H2,1H3/t14-/m0/s1. The first kappa shape index (κ1) is 16.5. The van der Waals surface area contributed by atoms with Crippen molar-refractivity contribution in [2.75, 3.05) is 33.3 Å². The van der Waals surface area contributed by atoms with Crippen LogP contribution in [0.15, 0.2) is 11.4 Å². The SMILES string of the molecule is COC(=O)c1sccc1CN1CCC[C@H](C(=O)N2CCCC2)C1. The Kier molecular flexibility index (Phi) is 5.33. The molecule has 3 heterocycles. The van der Waals surface area contributed by atoms with Gasteiger partial charge in [0, 0.05) is 26.2 Å². The van der Waals surface area contributed by atoms with Crippen LogP contribution in [0.1, 0.15) is 40.9 Å². The lowest BCUT2D eigenvalue weighted by Crippen LogP contribution is -2.43. The van der Waals surface area contributed by atoms with Crippen molar-refractivity contribution in [1.82, 2.24) is 9.80 Å². The van der Waals surface area contributed by atoms with Gasteiger partial charge in [0.15, 0.2) is 0 Å². The number of hydrogen-bond donors (Lipinski definition) is 0. The minimum Gasteiger partial charge on any atom is -0.465 e. The highest BCUT2D eigenvalue weighted by Gasteiger charge is 2.31. The van der Waals surface area contributed by atoms with Crippen molar-refractivity contribution < 1.29 is 14.3 Å². The van der Waals surface area contributed by atoms with E-state index in [-0.39, 0.29) is 11.9 Å². The topological polar surface area (TPSA) is 49.9 Å². The van der Waals surface area contributed by atoms with Crippen molar-refractivity contribution in [3.05, 3.63) is 21.9 Å². The summed E-state index contributed by atoms with van der Waals surface area (Å²) in [5.74, 6) is 0.171. The first-order chi connectivity index (χ1) is 11.2. The van der Waals surface area contributed by atoms with Gasteiger partial charge < -0.3 is 9.64 Å². The molecule has 0 aromatic carbocycles. The fourth-order valence-corrected chi connectivity index (χ4v) is 4.40. The zero-order valence-corrected chi connectivity index (χ0v) is 14.4. The molecule has 23 heavy (non-hydrogen) atoms. The molecule has 0 bridgehead atoms. The normalized spacial score (nSPS) is 22.3. The van der Waals surface area contributed by atoms with E-state index in [2.05, 4.69) is 4.90 Å². The average Bonchev–Trinajstić information content (AvgIpc) is 3.25. The van der Waals surface area contributed by atoms with Gasteiger partial charge in [0.25, 0.3) is 0 Å². The van der Waals surface area contributed by atoms with Crippen molar-refractivity contribution in [2.24, 2.45) is 5.92 Å². The predicted octanol–water partition coefficient (Wildman–Crippen LogP) is 2.37. The Balaban J connectivity index is 1.61. The summed E-state index contributed by atoms with van der Waals surface area (Å²) in [6.45, 7) is 4.35. The molecule has 5 nitrogen and oxygen atoms in total. The summed E-state index contributed by atoms with van der Waals surface area (Å²) in [6.07, 6.45) is 4.31. The molecule has 0 radical (unpaired) electrons. The fourth-order valence-electron chi connectivity index (χ4n) is 3.57. The number of ether oxygens (including phenoxy) is 1. The van der Waals surface area contributed by atoms with Crippen molar-refractivity contribution in [2.45, 2.75) is 32.2 Å². The third-order valence-electron chi connectivity index (χ3n) is 4.78. The number of esters is 1. The minimum atomic E-state index is -0.267. The van der Waals surface area contributed by atoms with Gasteiger partial charge in [0.05, 0.1) is 13.0 Å². The van der Waals surface area contributed by atoms with Gasteiger partial charge in [-0.05, 0) is 49.2 Å². The van der Waals surface area contributed by atoms with Crippen molar-refractivity contribution in [3.8, 4) is 0 Å². The quantitative estimate of drug-likeness (QED) is 0.792. The Morgan fingerprint density at radius 1 is 1.26 bits per heavy atom. The van der Waals surface area contributed by atoms with Crippen LogP contribution in [-0.4, -0.2) is 55.0 Å². The number of thiophene rings is 1. The van der Waals surface area contributed by atoms with Crippen molar-refractivity contribution in [3.63, 3.8) is 0 Å². The summed E-state index contributed by atoms with van der Waals surface area (Å²) in [4.78, 5) is 29.4. The summed E-state index contributed by atoms with van der Waals surface area (Å²) in [7, 11) is 1.41. The largest absolute Gasteiger partial charge is 0.465 e. The number of carbonyl (C=O) groups is 2. The molecule has 1 amide bonds. The molecular weight excluding hydrogens is 312 g/mol. The highest BCUT2D eigenvalue weighted by molar-refractivity contribution is 7.12. The molecule has 2 saturated heterocycles. The number of amides is 1. The van der Waals surface area contributed by atoms with E-state index in [4.69, 9.17) is 4.74 Å². The van der Waals surface area contributed by atoms with Crippen LogP contribution in [-0.2, 0) is 16.1 Å². The Labute approximate surface area is 141 Å². The van der Waals surface area contributed by atoms with Gasteiger partial charge in [-0.25, -0.2) is 4.79 Å². The molecule has 0 N–H and O–H groups in total. The zero-order chi connectivity index (χ0) is 16.2. The lowest BCUT2D eigenvalue weighted by Gasteiger charge is -2.33. The van der Waals surface area contributed by atoms with E-state index in [0.717, 1.165) is 64.0 Å². The van der Waals surface area contributed by atoms with Gasteiger partial charge in [0.1, 0.15) is 4.88 Å². The summed E-state index contributed by atoms with van der Waals surface area (Å²) < 4.78 is 4.84. The molecule has 0 spiro atoms. The van der Waals surface area contributed by atoms with E-state index >= 15 is 0 Å². The number of rotatable bonds is 4. The number of methoxy groups -OCH3 is 1. The van der Waals surface area contributed by atoms with Crippen LogP contribution in [0.5, 0.6) is 0 Å². The second kappa shape index (κ2) is 7.45. The monoisotopic (exact) mass is 336 g/mol. The molecular formula is C17H24N2O3S. The molecule has 1 aromatic rings. The van der Waals surface area contributed by atoms with E-state index in [0.29, 0.717) is 10.8 Å². The van der Waals surface area contributed by atoms with Crippen molar-refractivity contribution in [1.29, 1.82) is 0 Å². The minimum absolute atomic E-state index is 0.113. The van der Waals surface area contributed by atoms with Gasteiger partial charge >= 0.3 is 5.97 Å². The first-order valence-corrected chi connectivity index (χ1v) is 9.23.